The average molecular weight is 469 g/mol. The van der Waals surface area contributed by atoms with Crippen LogP contribution in [0.15, 0.2) is 65.8 Å². The monoisotopic (exact) mass is 468 g/mol. The van der Waals surface area contributed by atoms with Crippen LogP contribution in [0.2, 0.25) is 0 Å². The lowest BCUT2D eigenvalue weighted by molar-refractivity contribution is -0.129. The maximum atomic E-state index is 13.3. The van der Waals surface area contributed by atoms with E-state index in [0.717, 1.165) is 31.6 Å². The number of thiophene rings is 1. The Bertz CT molecular complexity index is 1010. The van der Waals surface area contributed by atoms with E-state index in [1.165, 1.54) is 11.3 Å². The number of benzene rings is 1. The van der Waals surface area contributed by atoms with Gasteiger partial charge in [0.1, 0.15) is 12.4 Å². The van der Waals surface area contributed by atoms with Crippen molar-refractivity contribution in [3.63, 3.8) is 0 Å². The van der Waals surface area contributed by atoms with Gasteiger partial charge in [-0.1, -0.05) is 30.9 Å². The van der Waals surface area contributed by atoms with Crippen molar-refractivity contribution in [2.45, 2.75) is 12.5 Å². The highest BCUT2D eigenvalue weighted by Crippen LogP contribution is 2.40. The molecule has 1 fully saturated rings. The minimum atomic E-state index is -0.648. The Labute approximate surface area is 197 Å². The van der Waals surface area contributed by atoms with Gasteiger partial charge in [0.05, 0.1) is 29.7 Å². The van der Waals surface area contributed by atoms with Gasteiger partial charge >= 0.3 is 0 Å². The summed E-state index contributed by atoms with van der Waals surface area (Å²) in [5.41, 5.74) is 0.887. The van der Waals surface area contributed by atoms with Crippen LogP contribution in [0.4, 0.5) is 0 Å². The number of carbonyl (C=O) groups is 2. The van der Waals surface area contributed by atoms with Crippen molar-refractivity contribution < 1.29 is 24.2 Å². The van der Waals surface area contributed by atoms with Crippen LogP contribution in [0.25, 0.3) is 0 Å². The van der Waals surface area contributed by atoms with Crippen LogP contribution in [0.3, 0.4) is 0 Å². The topological polar surface area (TPSA) is 79.3 Å². The SMILES string of the molecule is C=CCOc1ccc([C@H]2C(C(=O)c3cccs3)=C(O)C(=O)N2CCCN2CCOCC2)cc1. The maximum absolute atomic E-state index is 13.3. The van der Waals surface area contributed by atoms with E-state index in [-0.39, 0.29) is 11.4 Å². The molecule has 0 aliphatic carbocycles. The largest absolute Gasteiger partial charge is 0.503 e. The fourth-order valence-electron chi connectivity index (χ4n) is 4.19. The number of morpholine rings is 1. The molecule has 1 N–H and O–H groups in total. The molecule has 3 heterocycles. The Balaban J connectivity index is 1.58. The number of carbonyl (C=O) groups excluding carboxylic acids is 2. The molecule has 2 aliphatic rings. The summed E-state index contributed by atoms with van der Waals surface area (Å²) in [5, 5.41) is 12.6. The first-order chi connectivity index (χ1) is 16.1. The number of Topliss-reactive ketones (excluding diaryl/α,β-unsaturated/α-hetero) is 1. The van der Waals surface area contributed by atoms with Crippen molar-refractivity contribution in [2.24, 2.45) is 0 Å². The maximum Gasteiger partial charge on any atom is 0.290 e. The second kappa shape index (κ2) is 10.8. The van der Waals surface area contributed by atoms with E-state index in [1.807, 2.05) is 17.5 Å². The standard InChI is InChI=1S/C25H28N2O5S/c1-2-14-32-19-8-6-18(7-9-19)22-21(23(28)20-5-3-17-33-20)24(29)25(30)27(22)11-4-10-26-12-15-31-16-13-26/h2-3,5-9,17,22,29H,1,4,10-16H2/t22-/m0/s1. The van der Waals surface area contributed by atoms with Gasteiger partial charge in [0, 0.05) is 26.2 Å². The molecule has 0 spiro atoms. The highest BCUT2D eigenvalue weighted by Gasteiger charge is 2.43. The molecule has 1 aromatic carbocycles. The molecule has 1 atom stereocenters. The Morgan fingerprint density at radius 2 is 1.97 bits per heavy atom. The molecule has 2 aliphatic heterocycles. The smallest absolute Gasteiger partial charge is 0.290 e. The van der Waals surface area contributed by atoms with Gasteiger partial charge in [-0.05, 0) is 35.6 Å². The summed E-state index contributed by atoms with van der Waals surface area (Å²) < 4.78 is 11.0. The zero-order chi connectivity index (χ0) is 23.2. The number of aliphatic hydroxyl groups excluding tert-OH is 1. The second-order valence-electron chi connectivity index (χ2n) is 7.95. The summed E-state index contributed by atoms with van der Waals surface area (Å²) in [6.45, 7) is 8.46. The van der Waals surface area contributed by atoms with Crippen LogP contribution < -0.4 is 4.74 Å². The summed E-state index contributed by atoms with van der Waals surface area (Å²) >= 11 is 1.30. The fourth-order valence-corrected chi connectivity index (χ4v) is 4.87. The van der Waals surface area contributed by atoms with Crippen molar-refractivity contribution >= 4 is 23.0 Å². The summed E-state index contributed by atoms with van der Waals surface area (Å²) in [5.74, 6) is -0.615. The first-order valence-electron chi connectivity index (χ1n) is 11.1. The van der Waals surface area contributed by atoms with Crippen molar-refractivity contribution in [1.82, 2.24) is 9.80 Å². The Morgan fingerprint density at radius 1 is 1.21 bits per heavy atom. The molecule has 33 heavy (non-hydrogen) atoms. The minimum Gasteiger partial charge on any atom is -0.503 e. The van der Waals surface area contributed by atoms with Crippen molar-refractivity contribution in [2.75, 3.05) is 46.0 Å². The highest BCUT2D eigenvalue weighted by molar-refractivity contribution is 7.12. The van der Waals surface area contributed by atoms with E-state index < -0.39 is 17.7 Å². The molecule has 2 aromatic rings. The minimum absolute atomic E-state index is 0.133. The summed E-state index contributed by atoms with van der Waals surface area (Å²) in [7, 11) is 0. The molecule has 174 valence electrons. The lowest BCUT2D eigenvalue weighted by atomic mass is 9.95. The summed E-state index contributed by atoms with van der Waals surface area (Å²) in [4.78, 5) is 30.7. The molecule has 1 aromatic heterocycles. The molecule has 1 saturated heterocycles. The quantitative estimate of drug-likeness (QED) is 0.424. The number of ketones is 1. The lowest BCUT2D eigenvalue weighted by Gasteiger charge is -2.30. The molecular weight excluding hydrogens is 440 g/mol. The number of ether oxygens (including phenoxy) is 2. The van der Waals surface area contributed by atoms with Gasteiger partial charge in [0.25, 0.3) is 5.91 Å². The van der Waals surface area contributed by atoms with E-state index in [4.69, 9.17) is 9.47 Å². The molecule has 4 rings (SSSR count). The Hall–Kier alpha value is -2.94. The lowest BCUT2D eigenvalue weighted by Crippen LogP contribution is -2.39. The fraction of sp³-hybridized carbons (Fsp3) is 0.360. The predicted octanol–water partition coefficient (Wildman–Crippen LogP) is 3.61. The average Bonchev–Trinajstić information content (AvgIpc) is 3.47. The van der Waals surface area contributed by atoms with Crippen LogP contribution in [0, 0.1) is 0 Å². The van der Waals surface area contributed by atoms with E-state index >= 15 is 0 Å². The molecule has 1 amide bonds. The summed E-state index contributed by atoms with van der Waals surface area (Å²) in [6.07, 6.45) is 2.40. The van der Waals surface area contributed by atoms with Gasteiger partial charge in [0.15, 0.2) is 5.76 Å². The molecule has 0 bridgehead atoms. The third kappa shape index (κ3) is 5.19. The molecule has 0 unspecified atom stereocenters. The van der Waals surface area contributed by atoms with Crippen molar-refractivity contribution in [3.05, 3.63) is 76.2 Å². The number of hydrogen-bond donors (Lipinski definition) is 1. The Kier molecular flexibility index (Phi) is 7.59. The van der Waals surface area contributed by atoms with Crippen molar-refractivity contribution in [1.29, 1.82) is 0 Å². The molecule has 0 saturated carbocycles. The van der Waals surface area contributed by atoms with E-state index in [2.05, 4.69) is 11.5 Å². The van der Waals surface area contributed by atoms with E-state index in [0.29, 0.717) is 37.0 Å². The van der Waals surface area contributed by atoms with E-state index in [9.17, 15) is 14.7 Å². The van der Waals surface area contributed by atoms with Crippen LogP contribution in [-0.2, 0) is 9.53 Å². The first kappa shape index (κ1) is 23.2. The van der Waals surface area contributed by atoms with Gasteiger partial charge in [-0.25, -0.2) is 0 Å². The van der Waals surface area contributed by atoms with Gasteiger partial charge in [-0.15, -0.1) is 11.3 Å². The zero-order valence-corrected chi connectivity index (χ0v) is 19.3. The van der Waals surface area contributed by atoms with Gasteiger partial charge < -0.3 is 19.5 Å². The van der Waals surface area contributed by atoms with Crippen LogP contribution in [0.5, 0.6) is 5.75 Å². The highest BCUT2D eigenvalue weighted by atomic mass is 32.1. The normalized spacial score (nSPS) is 19.2. The predicted molar refractivity (Wildman–Crippen MR) is 127 cm³/mol. The van der Waals surface area contributed by atoms with Crippen molar-refractivity contribution in [3.8, 4) is 5.75 Å². The number of hydrogen-bond acceptors (Lipinski definition) is 7. The molecule has 8 heteroatoms. The number of rotatable bonds is 10. The third-order valence-electron chi connectivity index (χ3n) is 5.83. The Morgan fingerprint density at radius 3 is 2.64 bits per heavy atom. The molecule has 7 nitrogen and oxygen atoms in total. The van der Waals surface area contributed by atoms with Crippen LogP contribution in [-0.4, -0.2) is 72.6 Å². The van der Waals surface area contributed by atoms with Crippen LogP contribution >= 0.6 is 11.3 Å². The van der Waals surface area contributed by atoms with Gasteiger partial charge in [0.2, 0.25) is 5.78 Å². The molecule has 0 radical (unpaired) electrons. The second-order valence-corrected chi connectivity index (χ2v) is 8.89. The number of aliphatic hydroxyl groups is 1. The first-order valence-corrected chi connectivity index (χ1v) is 11.9. The van der Waals surface area contributed by atoms with Crippen LogP contribution in [0.1, 0.15) is 27.7 Å². The third-order valence-corrected chi connectivity index (χ3v) is 6.70. The molecular formula is C25H28N2O5S. The zero-order valence-electron chi connectivity index (χ0n) is 18.4. The van der Waals surface area contributed by atoms with E-state index in [1.54, 1.807) is 35.2 Å². The van der Waals surface area contributed by atoms with Gasteiger partial charge in [-0.3, -0.25) is 14.5 Å². The summed E-state index contributed by atoms with van der Waals surface area (Å²) in [6, 6.07) is 10.1. The van der Waals surface area contributed by atoms with Gasteiger partial charge in [-0.2, -0.15) is 0 Å². The number of nitrogens with zero attached hydrogens (tertiary/aromatic N) is 2. The number of amides is 1.